The maximum Gasteiger partial charge on any atom is 0.0394 e. The lowest BCUT2D eigenvalue weighted by atomic mass is 9.89. The minimum absolute atomic E-state index is 0.587. The summed E-state index contributed by atoms with van der Waals surface area (Å²) in [6.45, 7) is 9.26. The third-order valence-corrected chi connectivity index (χ3v) is 4.45. The van der Waals surface area contributed by atoms with Gasteiger partial charge < -0.3 is 5.32 Å². The largest absolute Gasteiger partial charge is 0.319 e. The third kappa shape index (κ3) is 3.01. The fourth-order valence-electron chi connectivity index (χ4n) is 3.52. The Morgan fingerprint density at radius 2 is 2.05 bits per heavy atom. The van der Waals surface area contributed by atoms with E-state index in [1.807, 2.05) is 0 Å². The van der Waals surface area contributed by atoms with Gasteiger partial charge in [-0.15, -0.1) is 0 Å². The monoisotopic (exact) mass is 260 g/mol. The average molecular weight is 260 g/mol. The summed E-state index contributed by atoms with van der Waals surface area (Å²) in [4.78, 5) is 2.68. The Labute approximate surface area is 118 Å². The predicted molar refractivity (Wildman–Crippen MR) is 82.4 cm³/mol. The van der Waals surface area contributed by atoms with Crippen LogP contribution >= 0.6 is 0 Å². The molecule has 1 heterocycles. The normalized spacial score (nSPS) is 24.3. The van der Waals surface area contributed by atoms with E-state index in [1.54, 1.807) is 5.56 Å². The van der Waals surface area contributed by atoms with Crippen molar-refractivity contribution in [3.63, 3.8) is 0 Å². The van der Waals surface area contributed by atoms with Crippen LogP contribution in [0.15, 0.2) is 24.3 Å². The zero-order valence-corrected chi connectivity index (χ0v) is 12.8. The second kappa shape index (κ2) is 6.53. The van der Waals surface area contributed by atoms with E-state index in [0.717, 1.165) is 18.9 Å². The van der Waals surface area contributed by atoms with Gasteiger partial charge >= 0.3 is 0 Å². The van der Waals surface area contributed by atoms with Crippen LogP contribution in [0.1, 0.15) is 44.4 Å². The number of nitrogens with zero attached hydrogens (tertiary/aromatic N) is 1. The summed E-state index contributed by atoms with van der Waals surface area (Å²) in [5, 5.41) is 3.38. The van der Waals surface area contributed by atoms with Crippen LogP contribution in [-0.4, -0.2) is 31.1 Å². The molecule has 1 aromatic carbocycles. The number of benzene rings is 1. The average Bonchev–Trinajstić information content (AvgIpc) is 2.83. The van der Waals surface area contributed by atoms with Gasteiger partial charge in [-0.25, -0.2) is 0 Å². The standard InChI is InChI=1S/C17H28N2/c1-5-14-8-6-7-9-16(14)17-15(12-18-4)10-11-19(17)13(2)3/h6-9,13,15,17-18H,5,10-12H2,1-4H3. The molecule has 2 rings (SSSR count). The van der Waals surface area contributed by atoms with Gasteiger partial charge in [-0.2, -0.15) is 0 Å². The molecular weight excluding hydrogens is 232 g/mol. The number of rotatable bonds is 5. The van der Waals surface area contributed by atoms with Crippen molar-refractivity contribution in [2.75, 3.05) is 20.1 Å². The van der Waals surface area contributed by atoms with Gasteiger partial charge in [-0.05, 0) is 63.9 Å². The van der Waals surface area contributed by atoms with Gasteiger partial charge in [0.25, 0.3) is 0 Å². The Morgan fingerprint density at radius 3 is 2.68 bits per heavy atom. The van der Waals surface area contributed by atoms with E-state index in [-0.39, 0.29) is 0 Å². The fourth-order valence-corrected chi connectivity index (χ4v) is 3.52. The first-order valence-electron chi connectivity index (χ1n) is 7.67. The second-order valence-electron chi connectivity index (χ2n) is 5.94. The molecule has 2 heteroatoms. The molecule has 1 saturated heterocycles. The van der Waals surface area contributed by atoms with E-state index >= 15 is 0 Å². The van der Waals surface area contributed by atoms with Crippen molar-refractivity contribution < 1.29 is 0 Å². The highest BCUT2D eigenvalue weighted by atomic mass is 15.2. The lowest BCUT2D eigenvalue weighted by Crippen LogP contribution is -2.34. The van der Waals surface area contributed by atoms with E-state index in [4.69, 9.17) is 0 Å². The van der Waals surface area contributed by atoms with Crippen molar-refractivity contribution >= 4 is 0 Å². The van der Waals surface area contributed by atoms with Gasteiger partial charge in [0, 0.05) is 12.1 Å². The summed E-state index contributed by atoms with van der Waals surface area (Å²) in [5.74, 6) is 0.736. The first-order valence-corrected chi connectivity index (χ1v) is 7.67. The highest BCUT2D eigenvalue weighted by Gasteiger charge is 2.36. The molecule has 2 nitrogen and oxygen atoms in total. The van der Waals surface area contributed by atoms with Crippen LogP contribution in [-0.2, 0) is 6.42 Å². The maximum absolute atomic E-state index is 3.38. The van der Waals surface area contributed by atoms with Crippen molar-refractivity contribution in [2.24, 2.45) is 5.92 Å². The Kier molecular flexibility index (Phi) is 5.00. The molecule has 0 saturated carbocycles. The lowest BCUT2D eigenvalue weighted by Gasteiger charge is -2.33. The molecule has 1 aliphatic heterocycles. The molecule has 0 spiro atoms. The fraction of sp³-hybridized carbons (Fsp3) is 0.647. The zero-order chi connectivity index (χ0) is 13.8. The summed E-state index contributed by atoms with van der Waals surface area (Å²) in [7, 11) is 2.07. The van der Waals surface area contributed by atoms with Crippen LogP contribution in [0.3, 0.4) is 0 Å². The molecular formula is C17H28N2. The van der Waals surface area contributed by atoms with Crippen LogP contribution in [0.4, 0.5) is 0 Å². The summed E-state index contributed by atoms with van der Waals surface area (Å²) >= 11 is 0. The first kappa shape index (κ1) is 14.5. The molecule has 0 bridgehead atoms. The van der Waals surface area contributed by atoms with Crippen LogP contribution in [0, 0.1) is 5.92 Å². The Hall–Kier alpha value is -0.860. The number of hydrogen-bond donors (Lipinski definition) is 1. The molecule has 19 heavy (non-hydrogen) atoms. The summed E-state index contributed by atoms with van der Waals surface area (Å²) in [6.07, 6.45) is 2.44. The number of aryl methyl sites for hydroxylation is 1. The van der Waals surface area contributed by atoms with Gasteiger partial charge in [0.05, 0.1) is 0 Å². The predicted octanol–water partition coefficient (Wildman–Crippen LogP) is 3.24. The first-order chi connectivity index (χ1) is 9.19. The van der Waals surface area contributed by atoms with Gasteiger partial charge in [0.2, 0.25) is 0 Å². The summed E-state index contributed by atoms with van der Waals surface area (Å²) in [6, 6.07) is 10.2. The molecule has 0 amide bonds. The van der Waals surface area contributed by atoms with Crippen LogP contribution in [0.2, 0.25) is 0 Å². The van der Waals surface area contributed by atoms with E-state index in [2.05, 4.69) is 62.3 Å². The molecule has 1 fully saturated rings. The van der Waals surface area contributed by atoms with E-state index in [1.165, 1.54) is 18.5 Å². The van der Waals surface area contributed by atoms with Crippen molar-refractivity contribution in [1.82, 2.24) is 10.2 Å². The van der Waals surface area contributed by atoms with E-state index in [9.17, 15) is 0 Å². The topological polar surface area (TPSA) is 15.3 Å². The van der Waals surface area contributed by atoms with Crippen molar-refractivity contribution in [3.05, 3.63) is 35.4 Å². The molecule has 0 aliphatic carbocycles. The molecule has 1 aromatic rings. The second-order valence-corrected chi connectivity index (χ2v) is 5.94. The third-order valence-electron chi connectivity index (χ3n) is 4.45. The summed E-state index contributed by atoms with van der Waals surface area (Å²) < 4.78 is 0. The van der Waals surface area contributed by atoms with E-state index in [0.29, 0.717) is 12.1 Å². The number of likely N-dealkylation sites (tertiary alicyclic amines) is 1. The quantitative estimate of drug-likeness (QED) is 0.874. The molecule has 2 atom stereocenters. The van der Waals surface area contributed by atoms with Crippen molar-refractivity contribution in [1.29, 1.82) is 0 Å². The number of nitrogens with one attached hydrogen (secondary N) is 1. The smallest absolute Gasteiger partial charge is 0.0394 e. The Morgan fingerprint density at radius 1 is 1.32 bits per heavy atom. The van der Waals surface area contributed by atoms with Gasteiger partial charge in [0.1, 0.15) is 0 Å². The number of hydrogen-bond acceptors (Lipinski definition) is 2. The molecule has 106 valence electrons. The zero-order valence-electron chi connectivity index (χ0n) is 12.8. The van der Waals surface area contributed by atoms with Gasteiger partial charge in [0.15, 0.2) is 0 Å². The minimum Gasteiger partial charge on any atom is -0.319 e. The van der Waals surface area contributed by atoms with Crippen molar-refractivity contribution in [2.45, 2.75) is 45.7 Å². The highest BCUT2D eigenvalue weighted by Crippen LogP contribution is 2.39. The van der Waals surface area contributed by atoms with Gasteiger partial charge in [-0.3, -0.25) is 4.90 Å². The molecule has 2 unspecified atom stereocenters. The Bertz CT molecular complexity index is 400. The van der Waals surface area contributed by atoms with E-state index < -0.39 is 0 Å². The minimum atomic E-state index is 0.587. The molecule has 0 aromatic heterocycles. The van der Waals surface area contributed by atoms with Crippen LogP contribution < -0.4 is 5.32 Å². The van der Waals surface area contributed by atoms with Crippen molar-refractivity contribution in [3.8, 4) is 0 Å². The van der Waals surface area contributed by atoms with Crippen LogP contribution in [0.25, 0.3) is 0 Å². The highest BCUT2D eigenvalue weighted by molar-refractivity contribution is 5.31. The van der Waals surface area contributed by atoms with Gasteiger partial charge in [-0.1, -0.05) is 31.2 Å². The maximum atomic E-state index is 3.38. The lowest BCUT2D eigenvalue weighted by molar-refractivity contribution is 0.182. The Balaban J connectivity index is 2.34. The SMILES string of the molecule is CCc1ccccc1C1C(CNC)CCN1C(C)C. The molecule has 0 radical (unpaired) electrons. The molecule has 1 aliphatic rings. The summed E-state index contributed by atoms with van der Waals surface area (Å²) in [5.41, 5.74) is 3.07. The molecule has 1 N–H and O–H groups in total. The van der Waals surface area contributed by atoms with Crippen LogP contribution in [0.5, 0.6) is 0 Å².